The van der Waals surface area contributed by atoms with Gasteiger partial charge in [-0.2, -0.15) is 5.10 Å². The highest BCUT2D eigenvalue weighted by atomic mass is 16.7. The summed E-state index contributed by atoms with van der Waals surface area (Å²) in [7, 11) is 1.81. The molecule has 2 heterocycles. The third kappa shape index (κ3) is 1.76. The number of rotatable bonds is 1. The second-order valence-electron chi connectivity index (χ2n) is 5.81. The summed E-state index contributed by atoms with van der Waals surface area (Å²) >= 11 is 0. The van der Waals surface area contributed by atoms with Crippen LogP contribution in [0.5, 0.6) is 0 Å². The molecule has 0 bridgehead atoms. The molecule has 0 aromatic rings. The van der Waals surface area contributed by atoms with Crippen molar-refractivity contribution in [2.45, 2.75) is 51.6 Å². The first-order chi connectivity index (χ1) is 7.23. The predicted molar refractivity (Wildman–Crippen MR) is 65.6 cm³/mol. The molecule has 16 heavy (non-hydrogen) atoms. The topological polar surface area (TPSA) is 34.1 Å². The molecule has 2 rings (SSSR count). The maximum Gasteiger partial charge on any atom is 0.469 e. The summed E-state index contributed by atoms with van der Waals surface area (Å²) in [5.74, 6) is 0.256. The van der Waals surface area contributed by atoms with E-state index >= 15 is 0 Å². The molecule has 0 saturated carbocycles. The van der Waals surface area contributed by atoms with Crippen LogP contribution in [0.15, 0.2) is 5.10 Å². The van der Waals surface area contributed by atoms with Gasteiger partial charge >= 0.3 is 7.12 Å². The molecule has 0 aromatic carbocycles. The summed E-state index contributed by atoms with van der Waals surface area (Å²) < 4.78 is 12.1. The van der Waals surface area contributed by atoms with E-state index in [4.69, 9.17) is 9.31 Å². The van der Waals surface area contributed by atoms with Crippen LogP contribution in [0.4, 0.5) is 0 Å². The third-order valence-electron chi connectivity index (χ3n) is 3.93. The number of hydrogen-bond acceptors (Lipinski definition) is 4. The molecule has 0 amide bonds. The van der Waals surface area contributed by atoms with Gasteiger partial charge in [0.15, 0.2) is 0 Å². The Morgan fingerprint density at radius 1 is 1.25 bits per heavy atom. The summed E-state index contributed by atoms with van der Waals surface area (Å²) in [4.78, 5) is 0. The van der Waals surface area contributed by atoms with Crippen LogP contribution in [0.25, 0.3) is 0 Å². The molecule has 1 fully saturated rings. The molecule has 0 radical (unpaired) electrons. The van der Waals surface area contributed by atoms with E-state index in [1.165, 1.54) is 0 Å². The van der Waals surface area contributed by atoms with Gasteiger partial charge in [-0.05, 0) is 34.6 Å². The normalized spacial score (nSPS) is 32.1. The van der Waals surface area contributed by atoms with Crippen molar-refractivity contribution in [2.24, 2.45) is 5.10 Å². The lowest BCUT2D eigenvalue weighted by Gasteiger charge is -2.32. The summed E-state index contributed by atoms with van der Waals surface area (Å²) in [6.45, 7) is 11.2. The second kappa shape index (κ2) is 3.47. The molecule has 2 aliphatic rings. The zero-order valence-corrected chi connectivity index (χ0v) is 11.1. The molecule has 90 valence electrons. The number of hydrazone groups is 1. The minimum atomic E-state index is -0.251. The van der Waals surface area contributed by atoms with Crippen LogP contribution in [-0.2, 0) is 9.31 Å². The van der Waals surface area contributed by atoms with E-state index in [-0.39, 0.29) is 24.1 Å². The fraction of sp³-hybridized carbons (Fsp3) is 0.909. The van der Waals surface area contributed by atoms with Gasteiger partial charge in [-0.15, -0.1) is 0 Å². The molecule has 1 atom stereocenters. The Labute approximate surface area is 98.1 Å². The molecule has 5 heteroatoms. The molecular weight excluding hydrogens is 203 g/mol. The molecule has 2 aliphatic heterocycles. The molecule has 4 nitrogen and oxygen atoms in total. The van der Waals surface area contributed by atoms with Gasteiger partial charge in [-0.3, -0.25) is 0 Å². The van der Waals surface area contributed by atoms with E-state index in [0.717, 1.165) is 12.3 Å². The van der Waals surface area contributed by atoms with Gasteiger partial charge in [0, 0.05) is 19.3 Å². The lowest BCUT2D eigenvalue weighted by molar-refractivity contribution is 0.00578. The number of hydrogen-bond donors (Lipinski definition) is 0. The fourth-order valence-electron chi connectivity index (χ4n) is 2.14. The molecule has 0 aromatic heterocycles. The van der Waals surface area contributed by atoms with Crippen molar-refractivity contribution in [1.82, 2.24) is 5.01 Å². The highest BCUT2D eigenvalue weighted by molar-refractivity contribution is 6.53. The van der Waals surface area contributed by atoms with Gasteiger partial charge in [0.25, 0.3) is 0 Å². The lowest BCUT2D eigenvalue weighted by Crippen LogP contribution is -2.41. The van der Waals surface area contributed by atoms with Crippen LogP contribution in [0, 0.1) is 0 Å². The molecule has 0 spiro atoms. The molecule has 0 N–H and O–H groups in total. The van der Waals surface area contributed by atoms with Crippen molar-refractivity contribution in [1.29, 1.82) is 0 Å². The summed E-state index contributed by atoms with van der Waals surface area (Å²) in [5.41, 5.74) is 0.596. The van der Waals surface area contributed by atoms with Crippen molar-refractivity contribution in [3.63, 3.8) is 0 Å². The van der Waals surface area contributed by atoms with Gasteiger partial charge < -0.3 is 14.3 Å². The summed E-state index contributed by atoms with van der Waals surface area (Å²) in [6, 6.07) is 0. The second-order valence-corrected chi connectivity index (χ2v) is 5.81. The monoisotopic (exact) mass is 224 g/mol. The zero-order chi connectivity index (χ0) is 12.1. The van der Waals surface area contributed by atoms with Crippen LogP contribution in [0.3, 0.4) is 0 Å². The first-order valence-electron chi connectivity index (χ1n) is 5.85. The van der Waals surface area contributed by atoms with Gasteiger partial charge in [0.05, 0.1) is 17.0 Å². The third-order valence-corrected chi connectivity index (χ3v) is 3.93. The van der Waals surface area contributed by atoms with Crippen molar-refractivity contribution in [3.8, 4) is 0 Å². The highest BCUT2D eigenvalue weighted by Crippen LogP contribution is 2.41. The Bertz CT molecular complexity index is 312. The quantitative estimate of drug-likeness (QED) is 0.636. The molecule has 1 unspecified atom stereocenters. The molecular formula is C11H21BN2O2. The van der Waals surface area contributed by atoms with Gasteiger partial charge in [0.1, 0.15) is 0 Å². The van der Waals surface area contributed by atoms with Gasteiger partial charge in [-0.1, -0.05) is 0 Å². The fourth-order valence-corrected chi connectivity index (χ4v) is 2.14. The van der Waals surface area contributed by atoms with Gasteiger partial charge in [0.2, 0.25) is 0 Å². The Morgan fingerprint density at radius 3 is 2.12 bits per heavy atom. The lowest BCUT2D eigenvalue weighted by atomic mass is 9.70. The van der Waals surface area contributed by atoms with Crippen molar-refractivity contribution >= 4 is 12.8 Å². The van der Waals surface area contributed by atoms with Crippen molar-refractivity contribution < 1.29 is 9.31 Å². The van der Waals surface area contributed by atoms with Crippen molar-refractivity contribution in [3.05, 3.63) is 0 Å². The Kier molecular flexibility index (Phi) is 2.59. The maximum absolute atomic E-state index is 6.04. The Hall–Kier alpha value is -0.545. The first kappa shape index (κ1) is 11.9. The number of nitrogens with zero attached hydrogens (tertiary/aromatic N) is 2. The minimum Gasteiger partial charge on any atom is -0.403 e. The van der Waals surface area contributed by atoms with Crippen LogP contribution < -0.4 is 0 Å². The average Bonchev–Trinajstić information content (AvgIpc) is 2.51. The van der Waals surface area contributed by atoms with Crippen LogP contribution in [0.2, 0.25) is 5.82 Å². The smallest absolute Gasteiger partial charge is 0.403 e. The van der Waals surface area contributed by atoms with E-state index in [0.29, 0.717) is 0 Å². The standard InChI is InChI=1S/C11H21BN2O2/c1-8-9(7-14(6)13-8)12-15-10(2,3)11(4,5)16-12/h9H,7H2,1-6H3. The minimum absolute atomic E-state index is 0.168. The largest absolute Gasteiger partial charge is 0.469 e. The van der Waals surface area contributed by atoms with E-state index in [1.807, 2.05) is 19.0 Å². The summed E-state index contributed by atoms with van der Waals surface area (Å²) in [5, 5.41) is 6.35. The maximum atomic E-state index is 6.04. The van der Waals surface area contributed by atoms with E-state index in [1.54, 1.807) is 0 Å². The van der Waals surface area contributed by atoms with E-state index in [9.17, 15) is 0 Å². The highest BCUT2D eigenvalue weighted by Gasteiger charge is 2.55. The zero-order valence-electron chi connectivity index (χ0n) is 11.1. The molecule has 1 saturated heterocycles. The Morgan fingerprint density at radius 2 is 1.75 bits per heavy atom. The Balaban J connectivity index is 2.13. The molecule has 0 aliphatic carbocycles. The van der Waals surface area contributed by atoms with Crippen LogP contribution in [0.1, 0.15) is 34.6 Å². The van der Waals surface area contributed by atoms with Crippen LogP contribution in [-0.4, -0.2) is 42.6 Å². The first-order valence-corrected chi connectivity index (χ1v) is 5.85. The predicted octanol–water partition coefficient (Wildman–Crippen LogP) is 1.77. The van der Waals surface area contributed by atoms with Gasteiger partial charge in [-0.25, -0.2) is 0 Å². The summed E-state index contributed by atoms with van der Waals surface area (Å²) in [6.07, 6.45) is 0. The SMILES string of the molecule is CC1=NN(C)CC1B1OC(C)(C)C(C)(C)O1. The van der Waals surface area contributed by atoms with Crippen LogP contribution >= 0.6 is 0 Å². The van der Waals surface area contributed by atoms with E-state index < -0.39 is 0 Å². The average molecular weight is 224 g/mol. The van der Waals surface area contributed by atoms with Crippen molar-refractivity contribution in [2.75, 3.05) is 13.6 Å². The van der Waals surface area contributed by atoms with E-state index in [2.05, 4.69) is 32.8 Å².